The van der Waals surface area contributed by atoms with E-state index in [1.165, 1.54) is 0 Å². The zero-order valence-corrected chi connectivity index (χ0v) is 13.6. The smallest absolute Gasteiger partial charge is 0.158 e. The van der Waals surface area contributed by atoms with Gasteiger partial charge in [-0.15, -0.1) is 10.2 Å². The number of rotatable bonds is 3. The van der Waals surface area contributed by atoms with Gasteiger partial charge in [-0.3, -0.25) is 0 Å². The molecule has 22 heavy (non-hydrogen) atoms. The fourth-order valence-corrected chi connectivity index (χ4v) is 2.08. The Morgan fingerprint density at radius 1 is 0.591 bits per heavy atom. The summed E-state index contributed by atoms with van der Waals surface area (Å²) in [4.78, 5) is 3.94. The summed E-state index contributed by atoms with van der Waals surface area (Å²) in [6.07, 6.45) is 0. The van der Waals surface area contributed by atoms with Gasteiger partial charge in [-0.2, -0.15) is 0 Å². The van der Waals surface area contributed by atoms with Gasteiger partial charge in [0, 0.05) is 39.3 Å². The molecule has 0 N–H and O–H groups in total. The standard InChI is InChI=1S/C18H22N4/c1-21(2)17(15-11-7-5-8-12-15)19-20-18(22(3)4)16-13-9-6-10-14-16/h5-14H,1-4H3/b19-17-,20-18+. The highest BCUT2D eigenvalue weighted by Crippen LogP contribution is 2.07. The summed E-state index contributed by atoms with van der Waals surface area (Å²) in [5.41, 5.74) is 2.09. The predicted molar refractivity (Wildman–Crippen MR) is 93.3 cm³/mol. The fraction of sp³-hybridized carbons (Fsp3) is 0.222. The highest BCUT2D eigenvalue weighted by atomic mass is 15.3. The Bertz CT molecular complexity index is 584. The normalized spacial score (nSPS) is 12.2. The number of amidine groups is 2. The van der Waals surface area contributed by atoms with E-state index in [2.05, 4.69) is 10.2 Å². The molecule has 0 bridgehead atoms. The lowest BCUT2D eigenvalue weighted by Crippen LogP contribution is -2.25. The Balaban J connectivity index is 2.42. The Labute approximate surface area is 132 Å². The van der Waals surface area contributed by atoms with Crippen LogP contribution in [-0.4, -0.2) is 49.7 Å². The van der Waals surface area contributed by atoms with Gasteiger partial charge in [0.1, 0.15) is 0 Å². The van der Waals surface area contributed by atoms with E-state index in [0.717, 1.165) is 22.8 Å². The molecule has 2 aromatic rings. The van der Waals surface area contributed by atoms with E-state index in [0.29, 0.717) is 0 Å². The molecule has 114 valence electrons. The fourth-order valence-electron chi connectivity index (χ4n) is 2.08. The summed E-state index contributed by atoms with van der Waals surface area (Å²) in [6, 6.07) is 20.1. The SMILES string of the molecule is CN(C)/C(=N\N=C(/c1ccccc1)N(C)C)c1ccccc1. The summed E-state index contributed by atoms with van der Waals surface area (Å²) < 4.78 is 0. The number of benzene rings is 2. The molecular formula is C18H22N4. The predicted octanol–water partition coefficient (Wildman–Crippen LogP) is 2.92. The largest absolute Gasteiger partial charge is 0.361 e. The molecule has 0 unspecified atom stereocenters. The molecule has 2 rings (SSSR count). The van der Waals surface area contributed by atoms with Crippen molar-refractivity contribution in [2.24, 2.45) is 10.2 Å². The van der Waals surface area contributed by atoms with Crippen LogP contribution in [0.2, 0.25) is 0 Å². The molecule has 0 atom stereocenters. The first-order valence-electron chi connectivity index (χ1n) is 7.20. The molecule has 0 saturated heterocycles. The van der Waals surface area contributed by atoms with Crippen molar-refractivity contribution in [3.05, 3.63) is 71.8 Å². The molecule has 0 saturated carbocycles. The van der Waals surface area contributed by atoms with Gasteiger partial charge in [-0.05, 0) is 0 Å². The van der Waals surface area contributed by atoms with Crippen molar-refractivity contribution in [3.63, 3.8) is 0 Å². The third-order valence-corrected chi connectivity index (χ3v) is 3.15. The second kappa shape index (κ2) is 7.41. The van der Waals surface area contributed by atoms with Gasteiger partial charge >= 0.3 is 0 Å². The molecule has 4 nitrogen and oxygen atoms in total. The number of hydrogen-bond donors (Lipinski definition) is 0. The Kier molecular flexibility index (Phi) is 5.31. The van der Waals surface area contributed by atoms with Crippen molar-refractivity contribution in [1.82, 2.24) is 9.80 Å². The van der Waals surface area contributed by atoms with Gasteiger partial charge in [0.15, 0.2) is 11.7 Å². The average molecular weight is 294 g/mol. The van der Waals surface area contributed by atoms with E-state index in [1.807, 2.05) is 98.7 Å². The van der Waals surface area contributed by atoms with E-state index in [9.17, 15) is 0 Å². The Morgan fingerprint density at radius 3 is 1.18 bits per heavy atom. The first kappa shape index (κ1) is 15.8. The van der Waals surface area contributed by atoms with Crippen LogP contribution in [-0.2, 0) is 0 Å². The molecule has 0 radical (unpaired) electrons. The summed E-state index contributed by atoms with van der Waals surface area (Å²) in [5, 5.41) is 8.96. The van der Waals surface area contributed by atoms with E-state index in [1.54, 1.807) is 0 Å². The van der Waals surface area contributed by atoms with Crippen LogP contribution in [0, 0.1) is 0 Å². The minimum absolute atomic E-state index is 0.830. The van der Waals surface area contributed by atoms with E-state index in [4.69, 9.17) is 0 Å². The van der Waals surface area contributed by atoms with Crippen molar-refractivity contribution >= 4 is 11.7 Å². The minimum atomic E-state index is 0.830. The molecule has 0 aliphatic rings. The third-order valence-electron chi connectivity index (χ3n) is 3.15. The van der Waals surface area contributed by atoms with Crippen LogP contribution in [0.25, 0.3) is 0 Å². The maximum absolute atomic E-state index is 4.48. The third kappa shape index (κ3) is 3.95. The zero-order valence-electron chi connectivity index (χ0n) is 13.6. The maximum atomic E-state index is 4.48. The van der Waals surface area contributed by atoms with Crippen LogP contribution < -0.4 is 0 Å². The van der Waals surface area contributed by atoms with E-state index >= 15 is 0 Å². The summed E-state index contributed by atoms with van der Waals surface area (Å²) >= 11 is 0. The highest BCUT2D eigenvalue weighted by Gasteiger charge is 2.08. The van der Waals surface area contributed by atoms with Crippen molar-refractivity contribution in [3.8, 4) is 0 Å². The molecule has 0 fully saturated rings. The van der Waals surface area contributed by atoms with Crippen LogP contribution in [0.4, 0.5) is 0 Å². The lowest BCUT2D eigenvalue weighted by molar-refractivity contribution is 0.610. The zero-order chi connectivity index (χ0) is 15.9. The van der Waals surface area contributed by atoms with E-state index in [-0.39, 0.29) is 0 Å². The van der Waals surface area contributed by atoms with Crippen molar-refractivity contribution in [2.45, 2.75) is 0 Å². The molecule has 4 heteroatoms. The van der Waals surface area contributed by atoms with Gasteiger partial charge < -0.3 is 9.80 Å². The first-order valence-corrected chi connectivity index (χ1v) is 7.20. The monoisotopic (exact) mass is 294 g/mol. The van der Waals surface area contributed by atoms with Crippen LogP contribution in [0.3, 0.4) is 0 Å². The molecular weight excluding hydrogens is 272 g/mol. The lowest BCUT2D eigenvalue weighted by atomic mass is 10.2. The van der Waals surface area contributed by atoms with Gasteiger partial charge in [-0.1, -0.05) is 60.7 Å². The number of hydrogen-bond acceptors (Lipinski definition) is 2. The van der Waals surface area contributed by atoms with Crippen molar-refractivity contribution in [1.29, 1.82) is 0 Å². The van der Waals surface area contributed by atoms with Crippen LogP contribution in [0.1, 0.15) is 11.1 Å². The van der Waals surface area contributed by atoms with E-state index < -0.39 is 0 Å². The Hall–Kier alpha value is -2.62. The van der Waals surface area contributed by atoms with Gasteiger partial charge in [0.2, 0.25) is 0 Å². The highest BCUT2D eigenvalue weighted by molar-refractivity contribution is 6.01. The summed E-state index contributed by atoms with van der Waals surface area (Å²) in [5.74, 6) is 1.66. The Morgan fingerprint density at radius 2 is 0.909 bits per heavy atom. The molecule has 2 aromatic carbocycles. The second-order valence-electron chi connectivity index (χ2n) is 5.37. The molecule has 0 spiro atoms. The van der Waals surface area contributed by atoms with Gasteiger partial charge in [0.05, 0.1) is 0 Å². The molecule has 0 aliphatic heterocycles. The topological polar surface area (TPSA) is 31.2 Å². The molecule has 0 amide bonds. The maximum Gasteiger partial charge on any atom is 0.158 e. The quantitative estimate of drug-likeness (QED) is 0.495. The summed E-state index contributed by atoms with van der Waals surface area (Å²) in [7, 11) is 7.89. The van der Waals surface area contributed by atoms with Gasteiger partial charge in [-0.25, -0.2) is 0 Å². The second-order valence-corrected chi connectivity index (χ2v) is 5.37. The first-order chi connectivity index (χ1) is 10.6. The molecule has 0 aromatic heterocycles. The summed E-state index contributed by atoms with van der Waals surface area (Å²) in [6.45, 7) is 0. The van der Waals surface area contributed by atoms with Crippen LogP contribution in [0.15, 0.2) is 70.9 Å². The number of nitrogens with zero attached hydrogens (tertiary/aromatic N) is 4. The van der Waals surface area contributed by atoms with Crippen molar-refractivity contribution < 1.29 is 0 Å². The molecule has 0 aliphatic carbocycles. The van der Waals surface area contributed by atoms with Crippen LogP contribution in [0.5, 0.6) is 0 Å². The lowest BCUT2D eigenvalue weighted by Gasteiger charge is -2.17. The van der Waals surface area contributed by atoms with Crippen molar-refractivity contribution in [2.75, 3.05) is 28.2 Å². The minimum Gasteiger partial charge on any atom is -0.361 e. The van der Waals surface area contributed by atoms with Gasteiger partial charge in [0.25, 0.3) is 0 Å². The average Bonchev–Trinajstić information content (AvgIpc) is 2.52. The van der Waals surface area contributed by atoms with Crippen LogP contribution >= 0.6 is 0 Å². The molecule has 0 heterocycles.